The van der Waals surface area contributed by atoms with Gasteiger partial charge in [-0.3, -0.25) is 14.8 Å². The molecule has 0 fully saturated rings. The first kappa shape index (κ1) is 18.6. The lowest BCUT2D eigenvalue weighted by molar-refractivity contribution is -0.133. The molecular formula is C16H17N3O5S. The number of amides is 2. The Morgan fingerprint density at radius 1 is 1.20 bits per heavy atom. The molecule has 2 aromatic rings. The molecule has 0 saturated heterocycles. The molecule has 0 radical (unpaired) electrons. The van der Waals surface area contributed by atoms with Crippen molar-refractivity contribution < 1.29 is 25.1 Å². The largest absolute Gasteiger partial charge is 0.411 e. The zero-order valence-electron chi connectivity index (χ0n) is 13.2. The van der Waals surface area contributed by atoms with Crippen LogP contribution in [0.1, 0.15) is 22.2 Å². The van der Waals surface area contributed by atoms with E-state index in [0.29, 0.717) is 5.56 Å². The van der Waals surface area contributed by atoms with Gasteiger partial charge >= 0.3 is 0 Å². The summed E-state index contributed by atoms with van der Waals surface area (Å²) >= 11 is 1.42. The maximum Gasteiger partial charge on any atom is 0.268 e. The predicted molar refractivity (Wildman–Crippen MR) is 92.0 cm³/mol. The van der Waals surface area contributed by atoms with Gasteiger partial charge in [-0.2, -0.15) is 0 Å². The summed E-state index contributed by atoms with van der Waals surface area (Å²) in [7, 11) is 0. The van der Waals surface area contributed by atoms with Gasteiger partial charge in [0.2, 0.25) is 0 Å². The van der Waals surface area contributed by atoms with Crippen LogP contribution in [-0.4, -0.2) is 45.7 Å². The molecule has 5 N–H and O–H groups in total. The Hall–Kier alpha value is -2.75. The SMILES string of the molecule is C[C@@H](O)[C@H](NC(=O)c1ccc(-c2ccc(/C=N\O)s2)cc1)C(=O)NO. The molecule has 132 valence electrons. The molecule has 25 heavy (non-hydrogen) atoms. The Labute approximate surface area is 147 Å². The molecule has 0 aliphatic heterocycles. The van der Waals surface area contributed by atoms with Gasteiger partial charge in [0.1, 0.15) is 6.04 Å². The summed E-state index contributed by atoms with van der Waals surface area (Å²) in [4.78, 5) is 25.4. The number of carbonyl (C=O) groups excluding carboxylic acids is 2. The third kappa shape index (κ3) is 4.63. The Balaban J connectivity index is 2.12. The van der Waals surface area contributed by atoms with Crippen LogP contribution in [0.2, 0.25) is 0 Å². The Kier molecular flexibility index (Phi) is 6.23. The van der Waals surface area contributed by atoms with Crippen molar-refractivity contribution in [3.05, 3.63) is 46.8 Å². The van der Waals surface area contributed by atoms with Crippen LogP contribution in [0.4, 0.5) is 0 Å². The van der Waals surface area contributed by atoms with Crippen molar-refractivity contribution in [2.75, 3.05) is 0 Å². The number of hydroxylamine groups is 1. The number of hydrogen-bond acceptors (Lipinski definition) is 7. The van der Waals surface area contributed by atoms with Crippen LogP contribution < -0.4 is 10.8 Å². The van der Waals surface area contributed by atoms with Crippen LogP contribution in [0.3, 0.4) is 0 Å². The molecule has 0 unspecified atom stereocenters. The van der Waals surface area contributed by atoms with Gasteiger partial charge in [0, 0.05) is 15.3 Å². The molecular weight excluding hydrogens is 346 g/mol. The monoisotopic (exact) mass is 363 g/mol. The first-order valence-electron chi connectivity index (χ1n) is 7.27. The van der Waals surface area contributed by atoms with Gasteiger partial charge in [0.15, 0.2) is 0 Å². The van der Waals surface area contributed by atoms with Crippen molar-refractivity contribution >= 4 is 29.4 Å². The summed E-state index contributed by atoms with van der Waals surface area (Å²) in [5, 5.41) is 32.1. The van der Waals surface area contributed by atoms with E-state index in [0.717, 1.165) is 15.3 Å². The third-order valence-corrected chi connectivity index (χ3v) is 4.47. The van der Waals surface area contributed by atoms with Gasteiger partial charge in [-0.25, -0.2) is 5.48 Å². The molecule has 8 nitrogen and oxygen atoms in total. The molecule has 0 spiro atoms. The molecule has 0 aliphatic carbocycles. The number of carbonyl (C=O) groups is 2. The molecule has 2 amide bonds. The first-order chi connectivity index (χ1) is 12.0. The summed E-state index contributed by atoms with van der Waals surface area (Å²) in [6.45, 7) is 1.33. The molecule has 2 atom stereocenters. The number of nitrogens with zero attached hydrogens (tertiary/aromatic N) is 1. The number of thiophene rings is 1. The van der Waals surface area contributed by atoms with E-state index in [2.05, 4.69) is 10.5 Å². The lowest BCUT2D eigenvalue weighted by Gasteiger charge is -2.19. The summed E-state index contributed by atoms with van der Waals surface area (Å²) < 4.78 is 0. The minimum atomic E-state index is -1.27. The van der Waals surface area contributed by atoms with Crippen molar-refractivity contribution in [3.8, 4) is 10.4 Å². The quantitative estimate of drug-likeness (QED) is 0.228. The molecule has 1 aromatic heterocycles. The van der Waals surface area contributed by atoms with Crippen molar-refractivity contribution in [3.63, 3.8) is 0 Å². The number of rotatable bonds is 6. The van der Waals surface area contributed by atoms with Gasteiger partial charge in [-0.05, 0) is 36.8 Å². The summed E-state index contributed by atoms with van der Waals surface area (Å²) in [5.41, 5.74) is 2.58. The van der Waals surface area contributed by atoms with E-state index >= 15 is 0 Å². The summed E-state index contributed by atoms with van der Waals surface area (Å²) in [6, 6.07) is 9.05. The van der Waals surface area contributed by atoms with Crippen molar-refractivity contribution in [2.24, 2.45) is 5.16 Å². The molecule has 0 bridgehead atoms. The van der Waals surface area contributed by atoms with E-state index in [4.69, 9.17) is 10.4 Å². The topological polar surface area (TPSA) is 131 Å². The highest BCUT2D eigenvalue weighted by molar-refractivity contribution is 7.17. The van der Waals surface area contributed by atoms with E-state index < -0.39 is 24.0 Å². The molecule has 0 saturated carbocycles. The highest BCUT2D eigenvalue weighted by atomic mass is 32.1. The fraction of sp³-hybridized carbons (Fsp3) is 0.188. The Morgan fingerprint density at radius 2 is 1.88 bits per heavy atom. The standard InChI is InChI=1S/C16H17N3O5S/c1-9(20)14(16(22)19-24)18-15(21)11-4-2-10(3-5-11)13-7-6-12(25-13)8-17-23/h2-9,14,20,23-24H,1H3,(H,18,21)(H,19,22)/b17-8-/t9-,14+/m1/s1. The number of benzene rings is 1. The normalized spacial score (nSPS) is 13.4. The number of aliphatic hydroxyl groups is 1. The molecule has 2 rings (SSSR count). The average molecular weight is 363 g/mol. The fourth-order valence-corrected chi connectivity index (χ4v) is 3.00. The minimum absolute atomic E-state index is 0.300. The average Bonchev–Trinajstić information content (AvgIpc) is 3.07. The van der Waals surface area contributed by atoms with E-state index in [-0.39, 0.29) is 0 Å². The zero-order chi connectivity index (χ0) is 18.4. The van der Waals surface area contributed by atoms with E-state index in [1.54, 1.807) is 30.3 Å². The predicted octanol–water partition coefficient (Wildman–Crippen LogP) is 1.21. The highest BCUT2D eigenvalue weighted by Gasteiger charge is 2.25. The third-order valence-electron chi connectivity index (χ3n) is 3.41. The van der Waals surface area contributed by atoms with Crippen molar-refractivity contribution in [1.82, 2.24) is 10.8 Å². The van der Waals surface area contributed by atoms with Gasteiger partial charge in [-0.1, -0.05) is 17.3 Å². The Morgan fingerprint density at radius 3 is 2.44 bits per heavy atom. The van der Waals surface area contributed by atoms with Crippen LogP contribution in [0, 0.1) is 0 Å². The molecule has 1 aromatic carbocycles. The van der Waals surface area contributed by atoms with Crippen LogP contribution in [-0.2, 0) is 4.79 Å². The van der Waals surface area contributed by atoms with Crippen molar-refractivity contribution in [2.45, 2.75) is 19.1 Å². The van der Waals surface area contributed by atoms with Crippen LogP contribution in [0.15, 0.2) is 41.6 Å². The maximum atomic E-state index is 12.2. The lowest BCUT2D eigenvalue weighted by Crippen LogP contribution is -2.51. The zero-order valence-corrected chi connectivity index (χ0v) is 14.0. The van der Waals surface area contributed by atoms with Crippen LogP contribution >= 0.6 is 11.3 Å². The smallest absolute Gasteiger partial charge is 0.268 e. The van der Waals surface area contributed by atoms with Gasteiger partial charge in [0.05, 0.1) is 12.3 Å². The minimum Gasteiger partial charge on any atom is -0.411 e. The van der Waals surface area contributed by atoms with E-state index in [1.165, 1.54) is 30.0 Å². The van der Waals surface area contributed by atoms with Gasteiger partial charge in [-0.15, -0.1) is 11.3 Å². The number of nitrogens with one attached hydrogen (secondary N) is 2. The first-order valence-corrected chi connectivity index (χ1v) is 8.08. The summed E-state index contributed by atoms with van der Waals surface area (Å²) in [5.74, 6) is -1.46. The van der Waals surface area contributed by atoms with E-state index in [9.17, 15) is 14.7 Å². The second-order valence-corrected chi connectivity index (χ2v) is 6.31. The lowest BCUT2D eigenvalue weighted by atomic mass is 10.1. The van der Waals surface area contributed by atoms with Crippen molar-refractivity contribution in [1.29, 1.82) is 0 Å². The Bertz CT molecular complexity index is 770. The van der Waals surface area contributed by atoms with Crippen LogP contribution in [0.25, 0.3) is 10.4 Å². The highest BCUT2D eigenvalue weighted by Crippen LogP contribution is 2.27. The molecule has 1 heterocycles. The fourth-order valence-electron chi connectivity index (χ4n) is 2.12. The second kappa shape index (κ2) is 8.38. The number of hydrogen-bond donors (Lipinski definition) is 5. The second-order valence-electron chi connectivity index (χ2n) is 5.19. The molecule has 9 heteroatoms. The van der Waals surface area contributed by atoms with Gasteiger partial charge in [0.25, 0.3) is 11.8 Å². The number of oxime groups is 1. The van der Waals surface area contributed by atoms with E-state index in [1.807, 2.05) is 6.07 Å². The van der Waals surface area contributed by atoms with Gasteiger partial charge < -0.3 is 15.6 Å². The number of aliphatic hydroxyl groups excluding tert-OH is 1. The molecule has 0 aliphatic rings. The maximum absolute atomic E-state index is 12.2. The van der Waals surface area contributed by atoms with Crippen LogP contribution in [0.5, 0.6) is 0 Å². The summed E-state index contributed by atoms with van der Waals surface area (Å²) in [6.07, 6.45) is 0.159.